The molecule has 0 bridgehead atoms. The van der Waals surface area contributed by atoms with Crippen LogP contribution < -0.4 is 20.4 Å². The number of aliphatic carboxylic acids is 2. The van der Waals surface area contributed by atoms with Gasteiger partial charge in [0.25, 0.3) is 0 Å². The Morgan fingerprint density at radius 1 is 0.708 bits per heavy atom. The smallest absolute Gasteiger partial charge is 0.414 e. The molecule has 3 amide bonds. The van der Waals surface area contributed by atoms with Gasteiger partial charge in [0, 0.05) is 101 Å². The van der Waals surface area contributed by atoms with Crippen molar-refractivity contribution < 1.29 is 67.6 Å². The van der Waals surface area contributed by atoms with Gasteiger partial charge in [-0.1, -0.05) is 19.0 Å². The molecule has 0 radical (unpaired) electrons. The molecule has 2 aromatic rings. The quantitative estimate of drug-likeness (QED) is 0.0548. The third kappa shape index (κ3) is 14.8. The van der Waals surface area contributed by atoms with Gasteiger partial charge in [0.1, 0.15) is 30.1 Å². The van der Waals surface area contributed by atoms with Crippen molar-refractivity contribution in [3.63, 3.8) is 0 Å². The van der Waals surface area contributed by atoms with E-state index in [0.717, 1.165) is 17.7 Å². The highest BCUT2D eigenvalue weighted by Crippen LogP contribution is 2.26. The fourth-order valence-corrected chi connectivity index (χ4v) is 8.79. The molecule has 4 saturated heterocycles. The Balaban J connectivity index is 0.000000235. The van der Waals surface area contributed by atoms with Crippen molar-refractivity contribution in [1.29, 1.82) is 5.41 Å². The highest BCUT2D eigenvalue weighted by molar-refractivity contribution is 6.06. The summed E-state index contributed by atoms with van der Waals surface area (Å²) in [5.41, 5.74) is 2.78. The molecule has 24 nitrogen and oxygen atoms in total. The molecule has 5 aliphatic rings. The summed E-state index contributed by atoms with van der Waals surface area (Å²) in [6, 6.07) is 12.4. The first-order valence-electron chi connectivity index (χ1n) is 24.3. The van der Waals surface area contributed by atoms with Crippen LogP contribution in [0.1, 0.15) is 64.5 Å². The van der Waals surface area contributed by atoms with Gasteiger partial charge in [-0.05, 0) is 62.4 Å². The first-order valence-corrected chi connectivity index (χ1v) is 24.3. The fraction of sp³-hybridized carbons (Fsp3) is 0.562. The molecule has 7 rings (SSSR count). The molecule has 5 N–H and O–H groups in total. The maximum absolute atomic E-state index is 12.5. The molecular formula is C48H66N10O14. The molecule has 5 unspecified atom stereocenters. The molecule has 72 heavy (non-hydrogen) atoms. The first-order chi connectivity index (χ1) is 34.6. The van der Waals surface area contributed by atoms with Gasteiger partial charge >= 0.3 is 36.1 Å². The van der Waals surface area contributed by atoms with Gasteiger partial charge in [-0.3, -0.25) is 58.8 Å². The number of nitrogens with one attached hydrogen (secondary N) is 3. The number of amidine groups is 2. The zero-order valence-electron chi connectivity index (χ0n) is 41.2. The van der Waals surface area contributed by atoms with Gasteiger partial charge < -0.3 is 44.6 Å². The number of amides is 3. The number of nitrogens with zero attached hydrogens (tertiary/aromatic N) is 7. The summed E-state index contributed by atoms with van der Waals surface area (Å²) in [5, 5.41) is 36.8. The van der Waals surface area contributed by atoms with Crippen LogP contribution in [0.3, 0.4) is 0 Å². The van der Waals surface area contributed by atoms with Gasteiger partial charge in [0.2, 0.25) is 5.91 Å². The van der Waals surface area contributed by atoms with Crippen molar-refractivity contribution in [2.75, 3.05) is 102 Å². The minimum absolute atomic E-state index is 0.00168. The number of oxime groups is 1. The molecular weight excluding hydrogens is 941 g/mol. The molecule has 0 saturated carbocycles. The molecule has 2 aromatic carbocycles. The second-order valence-corrected chi connectivity index (χ2v) is 17.6. The molecule has 0 aromatic heterocycles. The van der Waals surface area contributed by atoms with Crippen molar-refractivity contribution in [3.05, 3.63) is 59.7 Å². The number of hydrogen-bond acceptors (Lipinski definition) is 19. The molecule has 4 fully saturated rings. The Morgan fingerprint density at radius 3 is 1.54 bits per heavy atom. The zero-order chi connectivity index (χ0) is 51.9. The van der Waals surface area contributed by atoms with Crippen molar-refractivity contribution in [3.8, 4) is 0 Å². The summed E-state index contributed by atoms with van der Waals surface area (Å²) in [7, 11) is 0. The van der Waals surface area contributed by atoms with E-state index >= 15 is 0 Å². The SMILES string of the molecule is CCOC(=O)CC(C(=O)O)N1CCN(CC2CN(c3ccc(C(=N)NC(=O)CC)cc3)C(=O)O2)CC1.CCOC(=O)CC(C(=O)O)N1CCN(CC2CN(c3ccc(C4=NOC(CC)N4)cc3)C(=O)O2)CC1. The van der Waals surface area contributed by atoms with E-state index < -0.39 is 48.1 Å². The number of carbonyl (C=O) groups excluding carboxylic acids is 5. The molecule has 5 atom stereocenters. The predicted octanol–water partition coefficient (Wildman–Crippen LogP) is 1.94. The van der Waals surface area contributed by atoms with Crippen molar-refractivity contribution in [2.24, 2.45) is 5.16 Å². The number of piperazine rings is 2. The summed E-state index contributed by atoms with van der Waals surface area (Å²) < 4.78 is 21.0. The Morgan fingerprint density at radius 2 is 1.15 bits per heavy atom. The van der Waals surface area contributed by atoms with Crippen molar-refractivity contribution in [1.82, 2.24) is 30.2 Å². The molecule has 392 valence electrons. The average Bonchev–Trinajstić information content (AvgIpc) is 4.11. The highest BCUT2D eigenvalue weighted by atomic mass is 16.7. The molecule has 5 heterocycles. The second-order valence-electron chi connectivity index (χ2n) is 17.6. The van der Waals surface area contributed by atoms with Crippen LogP contribution >= 0.6 is 0 Å². The van der Waals surface area contributed by atoms with E-state index in [0.29, 0.717) is 95.6 Å². The zero-order valence-corrected chi connectivity index (χ0v) is 41.2. The minimum Gasteiger partial charge on any atom is -0.480 e. The van der Waals surface area contributed by atoms with E-state index in [2.05, 4.69) is 25.6 Å². The standard InChI is InChI=1S/2C24H33N5O7/c1-3-20-25-22(26-36-20)16-5-7-17(8-6-16)29-15-18(35-24(29)33)14-27-9-11-28(12-10-27)19(23(31)32)13-21(30)34-4-2;1-3-20(30)26-22(25)16-5-7-17(8-6-16)29-15-18(36-24(29)34)14-27-9-11-28(12-10-27)19(23(32)33)13-21(31)35-4-2/h5-8,18-20H,3-4,9-15H2,1-2H3,(H,25,26)(H,31,32);5-8,18-19H,3-4,9-15H2,1-2H3,(H,32,33)(H2,25,26,30). The number of benzene rings is 2. The van der Waals surface area contributed by atoms with Crippen LogP contribution in [-0.2, 0) is 47.8 Å². The van der Waals surface area contributed by atoms with Gasteiger partial charge in [-0.2, -0.15) is 0 Å². The average molecular weight is 1010 g/mol. The lowest BCUT2D eigenvalue weighted by Crippen LogP contribution is -2.54. The first kappa shape index (κ1) is 54.4. The Labute approximate surface area is 417 Å². The van der Waals surface area contributed by atoms with Gasteiger partial charge in [-0.15, -0.1) is 0 Å². The maximum Gasteiger partial charge on any atom is 0.414 e. The number of ether oxygens (including phenoxy) is 4. The molecule has 5 aliphatic heterocycles. The van der Waals surface area contributed by atoms with Crippen LogP contribution in [0.4, 0.5) is 21.0 Å². The number of rotatable bonds is 20. The number of hydrogen-bond donors (Lipinski definition) is 5. The largest absolute Gasteiger partial charge is 0.480 e. The lowest BCUT2D eigenvalue weighted by molar-refractivity contribution is -0.153. The number of cyclic esters (lactones) is 2. The van der Waals surface area contributed by atoms with E-state index in [1.165, 1.54) is 4.90 Å². The highest BCUT2D eigenvalue weighted by Gasteiger charge is 2.38. The molecule has 0 aliphatic carbocycles. The fourth-order valence-electron chi connectivity index (χ4n) is 8.79. The Hall–Kier alpha value is -6.89. The van der Waals surface area contributed by atoms with E-state index in [9.17, 15) is 43.8 Å². The lowest BCUT2D eigenvalue weighted by Gasteiger charge is -2.37. The number of carboxylic acid groups (broad SMARTS) is 2. The topological polar surface area (TPSA) is 286 Å². The van der Waals surface area contributed by atoms with Crippen LogP contribution in [0.2, 0.25) is 0 Å². The number of carboxylic acids is 2. The van der Waals surface area contributed by atoms with Crippen LogP contribution in [0.5, 0.6) is 0 Å². The molecule has 0 spiro atoms. The number of esters is 2. The summed E-state index contributed by atoms with van der Waals surface area (Å²) in [5.74, 6) is -2.69. The molecule has 24 heteroatoms. The van der Waals surface area contributed by atoms with E-state index in [-0.39, 0.29) is 62.7 Å². The monoisotopic (exact) mass is 1010 g/mol. The van der Waals surface area contributed by atoms with Crippen molar-refractivity contribution in [2.45, 2.75) is 83.9 Å². The number of anilines is 2. The lowest BCUT2D eigenvalue weighted by atomic mass is 10.1. The third-order valence-electron chi connectivity index (χ3n) is 12.7. The summed E-state index contributed by atoms with van der Waals surface area (Å²) in [4.78, 5) is 99.7. The summed E-state index contributed by atoms with van der Waals surface area (Å²) in [6.45, 7) is 13.7. The predicted molar refractivity (Wildman–Crippen MR) is 260 cm³/mol. The Kier molecular flexibility index (Phi) is 19.7. The van der Waals surface area contributed by atoms with Crippen molar-refractivity contribution >= 4 is 65.0 Å². The van der Waals surface area contributed by atoms with Crippen LogP contribution in [0.15, 0.2) is 53.7 Å². The maximum atomic E-state index is 12.5. The number of carbonyl (C=O) groups is 7. The van der Waals surface area contributed by atoms with Crippen LogP contribution in [0.25, 0.3) is 0 Å². The third-order valence-corrected chi connectivity index (χ3v) is 12.7. The van der Waals surface area contributed by atoms with E-state index in [1.807, 2.05) is 31.2 Å². The van der Waals surface area contributed by atoms with Crippen LogP contribution in [-0.4, -0.2) is 206 Å². The van der Waals surface area contributed by atoms with Crippen LogP contribution in [0, 0.1) is 5.41 Å². The summed E-state index contributed by atoms with van der Waals surface area (Å²) >= 11 is 0. The second kappa shape index (κ2) is 26.0. The Bertz CT molecular complexity index is 2270. The van der Waals surface area contributed by atoms with E-state index in [1.54, 1.807) is 59.7 Å². The van der Waals surface area contributed by atoms with Gasteiger partial charge in [0.15, 0.2) is 12.1 Å². The minimum atomic E-state index is -1.05. The normalized spacial score (nSPS) is 21.4. The van der Waals surface area contributed by atoms with Gasteiger partial charge in [0.05, 0.1) is 39.1 Å². The summed E-state index contributed by atoms with van der Waals surface area (Å²) in [6.07, 6.45) is -0.895. The van der Waals surface area contributed by atoms with Gasteiger partial charge in [-0.25, -0.2) is 9.59 Å². The van der Waals surface area contributed by atoms with E-state index in [4.69, 9.17) is 29.2 Å².